The van der Waals surface area contributed by atoms with Gasteiger partial charge in [-0.25, -0.2) is 14.3 Å². The van der Waals surface area contributed by atoms with Crippen LogP contribution >= 0.6 is 23.5 Å². The van der Waals surface area contributed by atoms with Crippen molar-refractivity contribution in [3.63, 3.8) is 0 Å². The second-order valence-electron chi connectivity index (χ2n) is 13.2. The number of β-lactam (4-membered cyclic amide) rings is 1. The first-order valence-corrected chi connectivity index (χ1v) is 20.1. The van der Waals surface area contributed by atoms with Crippen molar-refractivity contribution in [3.8, 4) is 0 Å². The van der Waals surface area contributed by atoms with Crippen LogP contribution in [-0.4, -0.2) is 113 Å². The van der Waals surface area contributed by atoms with E-state index in [2.05, 4.69) is 26.2 Å². The van der Waals surface area contributed by atoms with Crippen LogP contribution in [0.4, 0.5) is 15.3 Å². The summed E-state index contributed by atoms with van der Waals surface area (Å²) in [6.07, 6.45) is -1.88. The van der Waals surface area contributed by atoms with Gasteiger partial charge in [0.1, 0.15) is 17.5 Å². The lowest BCUT2D eigenvalue weighted by Gasteiger charge is -2.49. The predicted molar refractivity (Wildman–Crippen MR) is 210 cm³/mol. The Kier molecular flexibility index (Phi) is 11.9. The molecule has 3 aliphatic rings. The minimum atomic E-state index is -1.39. The SMILES string of the molecule is CCN1CCN(C(=O)N[C@@H](C(=O)N[C@@H]2C(=O)N3C(OC(=O)OC(c4ccccc4)c4ccccc4)=C(CSc4nnnn4C)CS[C@@H]23)c2ccc(N)cc2)C(=O)C1=O. The van der Waals surface area contributed by atoms with Crippen LogP contribution < -0.4 is 16.4 Å². The van der Waals surface area contributed by atoms with Gasteiger partial charge in [-0.1, -0.05) is 84.6 Å². The predicted octanol–water partition coefficient (Wildman–Crippen LogP) is 2.58. The van der Waals surface area contributed by atoms with Gasteiger partial charge in [0.25, 0.3) is 5.91 Å². The van der Waals surface area contributed by atoms with Gasteiger partial charge in [0.05, 0.1) is 0 Å². The molecule has 0 bridgehead atoms. The zero-order chi connectivity index (χ0) is 40.9. The molecule has 0 unspecified atom stereocenters. The number of imide groups is 1. The zero-order valence-electron chi connectivity index (χ0n) is 31.2. The molecule has 58 heavy (non-hydrogen) atoms. The van der Waals surface area contributed by atoms with Crippen LogP contribution in [0, 0.1) is 0 Å². The number of nitrogens with one attached hydrogen (secondary N) is 2. The molecule has 300 valence electrons. The number of amides is 6. The Morgan fingerprint density at radius 3 is 2.22 bits per heavy atom. The number of rotatable bonds is 12. The Hall–Kier alpha value is -6.41. The van der Waals surface area contributed by atoms with E-state index in [0.717, 1.165) is 4.90 Å². The molecule has 6 amide bonds. The molecule has 18 nitrogen and oxygen atoms in total. The second-order valence-corrected chi connectivity index (χ2v) is 15.3. The first-order chi connectivity index (χ1) is 28.0. The van der Waals surface area contributed by atoms with Crippen molar-refractivity contribution in [2.75, 3.05) is 36.9 Å². The molecule has 4 heterocycles. The summed E-state index contributed by atoms with van der Waals surface area (Å²) in [5.41, 5.74) is 8.57. The number of aromatic nitrogens is 4. The van der Waals surface area contributed by atoms with Crippen molar-refractivity contribution in [2.24, 2.45) is 7.05 Å². The number of carbonyl (C=O) groups excluding carboxylic acids is 6. The third kappa shape index (κ3) is 8.33. The zero-order valence-corrected chi connectivity index (χ0v) is 32.9. The molecule has 0 aliphatic carbocycles. The summed E-state index contributed by atoms with van der Waals surface area (Å²) in [4.78, 5) is 83.9. The van der Waals surface area contributed by atoms with Gasteiger partial charge in [0, 0.05) is 49.4 Å². The van der Waals surface area contributed by atoms with Crippen molar-refractivity contribution >= 4 is 65.0 Å². The molecule has 0 spiro atoms. The van der Waals surface area contributed by atoms with Gasteiger partial charge in [0.2, 0.25) is 16.9 Å². The Morgan fingerprint density at radius 2 is 1.60 bits per heavy atom. The van der Waals surface area contributed by atoms with Crippen molar-refractivity contribution in [3.05, 3.63) is 113 Å². The fourth-order valence-electron chi connectivity index (χ4n) is 6.50. The molecule has 3 aromatic carbocycles. The molecule has 3 aliphatic heterocycles. The number of benzene rings is 3. The first kappa shape index (κ1) is 39.8. The number of hydrogen-bond acceptors (Lipinski definition) is 14. The van der Waals surface area contributed by atoms with Gasteiger partial charge in [-0.05, 0) is 46.2 Å². The third-order valence-corrected chi connectivity index (χ3v) is 12.0. The quantitative estimate of drug-likeness (QED) is 0.0614. The Labute approximate surface area is 340 Å². The van der Waals surface area contributed by atoms with E-state index in [9.17, 15) is 28.8 Å². The summed E-state index contributed by atoms with van der Waals surface area (Å²) in [6.45, 7) is 2.08. The highest BCUT2D eigenvalue weighted by Gasteiger charge is 2.54. The maximum absolute atomic E-state index is 14.0. The van der Waals surface area contributed by atoms with Crippen LogP contribution in [0.5, 0.6) is 0 Å². The molecule has 2 saturated heterocycles. The molecule has 1 aromatic heterocycles. The number of anilines is 1. The minimum absolute atomic E-state index is 0.0375. The molecule has 0 radical (unpaired) electrons. The van der Waals surface area contributed by atoms with E-state index in [0.29, 0.717) is 45.4 Å². The number of carbonyl (C=O) groups is 6. The maximum atomic E-state index is 14.0. The number of nitrogens with zero attached hydrogens (tertiary/aromatic N) is 7. The fraction of sp³-hybridized carbons (Fsp3) is 0.289. The van der Waals surface area contributed by atoms with Crippen molar-refractivity contribution in [1.29, 1.82) is 0 Å². The number of tetrazole rings is 1. The van der Waals surface area contributed by atoms with E-state index < -0.39 is 59.4 Å². The van der Waals surface area contributed by atoms with Gasteiger partial charge < -0.3 is 30.7 Å². The number of hydrogen-bond donors (Lipinski definition) is 3. The average Bonchev–Trinajstić information content (AvgIpc) is 3.66. The number of ether oxygens (including phenoxy) is 2. The summed E-state index contributed by atoms with van der Waals surface area (Å²) in [7, 11) is 1.68. The Bertz CT molecular complexity index is 2200. The van der Waals surface area contributed by atoms with E-state index in [-0.39, 0.29) is 24.7 Å². The minimum Gasteiger partial charge on any atom is -0.421 e. The third-order valence-electron chi connectivity index (χ3n) is 9.58. The van der Waals surface area contributed by atoms with Crippen LogP contribution in [0.3, 0.4) is 0 Å². The smallest absolute Gasteiger partial charge is 0.421 e. The first-order valence-electron chi connectivity index (χ1n) is 18.1. The standard InChI is InChI=1S/C38H38N10O8S2/c1-3-46-18-19-47(33(52)32(46)51)36(53)41-27(22-14-16-26(39)17-15-22)30(49)40-28-31(50)48-34(25(20-57-35(28)48)21-58-37-42-43-44-45(37)2)56-38(54)55-29(23-10-6-4-7-11-23)24-12-8-5-9-13-24/h4-17,27-29,35H,3,18-21,39H2,1-2H3,(H,40,49)(H,41,53)/t27-,28-,35+/m1/s1. The Morgan fingerprint density at radius 1 is 0.931 bits per heavy atom. The number of piperazine rings is 1. The number of aryl methyl sites for hydroxylation is 1. The number of likely N-dealkylation sites (N-methyl/N-ethyl adjacent to an activating group) is 1. The van der Waals surface area contributed by atoms with Gasteiger partial charge in [-0.15, -0.1) is 16.9 Å². The van der Waals surface area contributed by atoms with Crippen molar-refractivity contribution in [2.45, 2.75) is 35.6 Å². The number of nitrogen functional groups attached to an aromatic ring is 1. The molecule has 0 saturated carbocycles. The van der Waals surface area contributed by atoms with Crippen LogP contribution in [-0.2, 0) is 35.7 Å². The number of urea groups is 1. The number of nitrogens with two attached hydrogens (primary N) is 1. The molecule has 4 aromatic rings. The van der Waals surface area contributed by atoms with Crippen LogP contribution in [0.15, 0.2) is 102 Å². The van der Waals surface area contributed by atoms with E-state index >= 15 is 0 Å². The highest BCUT2D eigenvalue weighted by atomic mass is 32.2. The monoisotopic (exact) mass is 826 g/mol. The molecule has 3 atom stereocenters. The lowest BCUT2D eigenvalue weighted by molar-refractivity contribution is -0.153. The summed E-state index contributed by atoms with van der Waals surface area (Å²) in [5, 5.41) is 16.6. The summed E-state index contributed by atoms with van der Waals surface area (Å²) < 4.78 is 13.3. The summed E-state index contributed by atoms with van der Waals surface area (Å²) in [5.74, 6) is -2.70. The highest BCUT2D eigenvalue weighted by Crippen LogP contribution is 2.42. The van der Waals surface area contributed by atoms with Gasteiger partial charge in [-0.3, -0.25) is 29.0 Å². The van der Waals surface area contributed by atoms with Crippen LogP contribution in [0.25, 0.3) is 0 Å². The average molecular weight is 827 g/mol. The molecular weight excluding hydrogens is 789 g/mol. The Balaban J connectivity index is 1.11. The van der Waals surface area contributed by atoms with E-state index in [4.69, 9.17) is 15.2 Å². The second kappa shape index (κ2) is 17.4. The number of thioether (sulfide) groups is 2. The van der Waals surface area contributed by atoms with E-state index in [1.165, 1.54) is 62.3 Å². The fourth-order valence-corrected chi connectivity index (χ4v) is 8.80. The lowest BCUT2D eigenvalue weighted by Crippen LogP contribution is -2.71. The molecular formula is C38H38N10O8S2. The molecule has 4 N–H and O–H groups in total. The molecule has 2 fully saturated rings. The molecule has 7 rings (SSSR count). The van der Waals surface area contributed by atoms with Gasteiger partial charge in [0.15, 0.2) is 6.10 Å². The largest absolute Gasteiger partial charge is 0.516 e. The molecule has 20 heteroatoms. The van der Waals surface area contributed by atoms with Gasteiger partial charge >= 0.3 is 24.0 Å². The summed E-state index contributed by atoms with van der Waals surface area (Å²) in [6, 6.07) is 21.0. The van der Waals surface area contributed by atoms with Crippen molar-refractivity contribution in [1.82, 2.24) is 45.5 Å². The topological polar surface area (TPSA) is 224 Å². The van der Waals surface area contributed by atoms with Crippen LogP contribution in [0.1, 0.15) is 35.8 Å². The van der Waals surface area contributed by atoms with Crippen LogP contribution in [0.2, 0.25) is 0 Å². The van der Waals surface area contributed by atoms with Gasteiger partial charge in [-0.2, -0.15) is 0 Å². The van der Waals surface area contributed by atoms with E-state index in [1.54, 1.807) is 14.0 Å². The van der Waals surface area contributed by atoms with E-state index in [1.807, 2.05) is 60.7 Å². The maximum Gasteiger partial charge on any atom is 0.516 e. The number of fused-ring (bicyclic) bond motifs is 1. The summed E-state index contributed by atoms with van der Waals surface area (Å²) >= 11 is 2.61. The normalized spacial score (nSPS) is 18.4. The highest BCUT2D eigenvalue weighted by molar-refractivity contribution is 8.01. The lowest BCUT2D eigenvalue weighted by atomic mass is 10.0. The van der Waals surface area contributed by atoms with Crippen molar-refractivity contribution < 1.29 is 38.2 Å².